The molecule has 1 aromatic rings. The van der Waals surface area contributed by atoms with E-state index in [9.17, 15) is 4.79 Å². The van der Waals surface area contributed by atoms with E-state index in [1.807, 2.05) is 39.0 Å². The molecule has 0 aliphatic rings. The molecule has 94 valence electrons. The highest BCUT2D eigenvalue weighted by atomic mass is 79.9. The molecule has 0 amide bonds. The molecule has 0 saturated heterocycles. The highest BCUT2D eigenvalue weighted by molar-refractivity contribution is 9.10. The zero-order valence-corrected chi connectivity index (χ0v) is 11.9. The quantitative estimate of drug-likeness (QED) is 0.874. The van der Waals surface area contributed by atoms with E-state index >= 15 is 0 Å². The Labute approximate surface area is 110 Å². The van der Waals surface area contributed by atoms with E-state index in [1.165, 1.54) is 0 Å². The molecule has 1 aromatic carbocycles. The van der Waals surface area contributed by atoms with Crippen molar-refractivity contribution < 1.29 is 9.90 Å². The number of hydrogen-bond acceptors (Lipinski definition) is 2. The smallest absolute Gasteiger partial charge is 0.308 e. The number of carboxylic acids is 1. The molecule has 0 radical (unpaired) electrons. The van der Waals surface area contributed by atoms with Gasteiger partial charge in [-0.2, -0.15) is 0 Å². The maximum Gasteiger partial charge on any atom is 0.308 e. The van der Waals surface area contributed by atoms with Crippen LogP contribution in [0.15, 0.2) is 22.7 Å². The summed E-state index contributed by atoms with van der Waals surface area (Å²) in [7, 11) is 0. The van der Waals surface area contributed by atoms with Crippen LogP contribution in [0.2, 0.25) is 0 Å². The second kappa shape index (κ2) is 6.05. The van der Waals surface area contributed by atoms with Gasteiger partial charge in [-0.3, -0.25) is 4.79 Å². The van der Waals surface area contributed by atoms with Crippen LogP contribution in [0.5, 0.6) is 0 Å². The van der Waals surface area contributed by atoms with Crippen molar-refractivity contribution in [1.82, 2.24) is 0 Å². The Morgan fingerprint density at radius 1 is 1.47 bits per heavy atom. The molecule has 17 heavy (non-hydrogen) atoms. The van der Waals surface area contributed by atoms with Gasteiger partial charge in [0.2, 0.25) is 0 Å². The minimum absolute atomic E-state index is 0.118. The van der Waals surface area contributed by atoms with Crippen molar-refractivity contribution in [3.05, 3.63) is 28.2 Å². The molecule has 2 N–H and O–H groups in total. The van der Waals surface area contributed by atoms with Gasteiger partial charge < -0.3 is 10.4 Å². The number of nitrogens with one attached hydrogen (secondary N) is 1. The van der Waals surface area contributed by atoms with Crippen molar-refractivity contribution in [3.8, 4) is 0 Å². The monoisotopic (exact) mass is 299 g/mol. The Morgan fingerprint density at radius 3 is 2.65 bits per heavy atom. The van der Waals surface area contributed by atoms with Crippen LogP contribution in [-0.4, -0.2) is 17.6 Å². The van der Waals surface area contributed by atoms with Crippen LogP contribution in [0.3, 0.4) is 0 Å². The molecule has 0 aromatic heterocycles. The number of aliphatic carboxylic acids is 1. The van der Waals surface area contributed by atoms with Gasteiger partial charge >= 0.3 is 5.97 Å². The zero-order valence-electron chi connectivity index (χ0n) is 10.3. The number of carboxylic acid groups (broad SMARTS) is 1. The third-order valence-corrected chi connectivity index (χ3v) is 3.33. The van der Waals surface area contributed by atoms with E-state index in [-0.39, 0.29) is 11.8 Å². The first-order valence-electron chi connectivity index (χ1n) is 5.64. The third-order valence-electron chi connectivity index (χ3n) is 2.83. The van der Waals surface area contributed by atoms with Gasteiger partial charge in [0.15, 0.2) is 0 Å². The largest absolute Gasteiger partial charge is 0.481 e. The van der Waals surface area contributed by atoms with Crippen LogP contribution in [0.4, 0.5) is 5.69 Å². The standard InChI is InChI=1S/C13H18BrNO2/c1-8(2)11(13(16)17)7-15-12-6-10(14)5-4-9(12)3/h4-6,8,11,15H,7H2,1-3H3,(H,16,17). The lowest BCUT2D eigenvalue weighted by atomic mass is 9.96. The van der Waals surface area contributed by atoms with Crippen molar-refractivity contribution in [2.75, 3.05) is 11.9 Å². The van der Waals surface area contributed by atoms with Gasteiger partial charge in [-0.15, -0.1) is 0 Å². The van der Waals surface area contributed by atoms with E-state index in [0.717, 1.165) is 15.7 Å². The Bertz CT molecular complexity index is 404. The third kappa shape index (κ3) is 4.04. The first kappa shape index (κ1) is 14.0. The van der Waals surface area contributed by atoms with Crippen LogP contribution in [0.25, 0.3) is 0 Å². The lowest BCUT2D eigenvalue weighted by molar-refractivity contribution is -0.142. The molecule has 0 spiro atoms. The van der Waals surface area contributed by atoms with Gasteiger partial charge in [0.1, 0.15) is 0 Å². The number of halogens is 1. The molecule has 4 heteroatoms. The maximum absolute atomic E-state index is 11.1. The first-order chi connectivity index (χ1) is 7.91. The van der Waals surface area contributed by atoms with Crippen LogP contribution in [0.1, 0.15) is 19.4 Å². The Balaban J connectivity index is 2.72. The lowest BCUT2D eigenvalue weighted by Gasteiger charge is -2.18. The number of anilines is 1. The molecule has 1 rings (SSSR count). The molecule has 1 unspecified atom stereocenters. The minimum atomic E-state index is -0.750. The molecular weight excluding hydrogens is 282 g/mol. The Kier molecular flexibility index (Phi) is 5.00. The van der Waals surface area contributed by atoms with Crippen molar-refractivity contribution in [2.45, 2.75) is 20.8 Å². The second-order valence-corrected chi connectivity index (χ2v) is 5.44. The topological polar surface area (TPSA) is 49.3 Å². The number of aryl methyl sites for hydroxylation is 1. The minimum Gasteiger partial charge on any atom is -0.481 e. The van der Waals surface area contributed by atoms with Crippen LogP contribution in [-0.2, 0) is 4.79 Å². The fourth-order valence-corrected chi connectivity index (χ4v) is 1.97. The van der Waals surface area contributed by atoms with E-state index < -0.39 is 5.97 Å². The maximum atomic E-state index is 11.1. The summed E-state index contributed by atoms with van der Waals surface area (Å²) < 4.78 is 0.988. The van der Waals surface area contributed by atoms with Crippen LogP contribution < -0.4 is 5.32 Å². The number of rotatable bonds is 5. The Morgan fingerprint density at radius 2 is 2.12 bits per heavy atom. The van der Waals surface area contributed by atoms with Crippen molar-refractivity contribution >= 4 is 27.6 Å². The van der Waals surface area contributed by atoms with Gasteiger partial charge in [0.25, 0.3) is 0 Å². The summed E-state index contributed by atoms with van der Waals surface area (Å²) in [6.07, 6.45) is 0. The van der Waals surface area contributed by atoms with Gasteiger partial charge in [0, 0.05) is 16.7 Å². The summed E-state index contributed by atoms with van der Waals surface area (Å²) in [6.45, 7) is 6.30. The van der Waals surface area contributed by atoms with E-state index in [2.05, 4.69) is 21.2 Å². The van der Waals surface area contributed by atoms with Crippen molar-refractivity contribution in [3.63, 3.8) is 0 Å². The normalized spacial score (nSPS) is 12.5. The predicted molar refractivity (Wildman–Crippen MR) is 73.3 cm³/mol. The van der Waals surface area contributed by atoms with E-state index in [4.69, 9.17) is 5.11 Å². The lowest BCUT2D eigenvalue weighted by Crippen LogP contribution is -2.27. The average Bonchev–Trinajstić information content (AvgIpc) is 2.22. The van der Waals surface area contributed by atoms with Gasteiger partial charge in [-0.1, -0.05) is 35.8 Å². The molecule has 0 saturated carbocycles. The van der Waals surface area contributed by atoms with E-state index in [0.29, 0.717) is 6.54 Å². The van der Waals surface area contributed by atoms with Crippen molar-refractivity contribution in [2.24, 2.45) is 11.8 Å². The molecule has 0 aliphatic heterocycles. The first-order valence-corrected chi connectivity index (χ1v) is 6.44. The molecule has 1 atom stereocenters. The summed E-state index contributed by atoms with van der Waals surface area (Å²) in [6, 6.07) is 5.93. The molecule has 3 nitrogen and oxygen atoms in total. The van der Waals surface area contributed by atoms with Crippen LogP contribution >= 0.6 is 15.9 Å². The molecular formula is C13H18BrNO2. The van der Waals surface area contributed by atoms with E-state index in [1.54, 1.807) is 0 Å². The summed E-state index contributed by atoms with van der Waals surface area (Å²) in [5.41, 5.74) is 2.09. The average molecular weight is 300 g/mol. The summed E-state index contributed by atoms with van der Waals surface area (Å²) in [5, 5.41) is 12.3. The second-order valence-electron chi connectivity index (χ2n) is 4.53. The molecule has 0 bridgehead atoms. The van der Waals surface area contributed by atoms with Gasteiger partial charge in [-0.05, 0) is 30.5 Å². The fraction of sp³-hybridized carbons (Fsp3) is 0.462. The summed E-state index contributed by atoms with van der Waals surface area (Å²) >= 11 is 3.40. The zero-order chi connectivity index (χ0) is 13.0. The van der Waals surface area contributed by atoms with Gasteiger partial charge in [-0.25, -0.2) is 0 Å². The number of benzene rings is 1. The molecule has 0 fully saturated rings. The van der Waals surface area contributed by atoms with Gasteiger partial charge in [0.05, 0.1) is 5.92 Å². The predicted octanol–water partition coefficient (Wildman–Crippen LogP) is 3.53. The molecule has 0 aliphatic carbocycles. The molecule has 0 heterocycles. The van der Waals surface area contributed by atoms with Crippen LogP contribution in [0, 0.1) is 18.8 Å². The summed E-state index contributed by atoms with van der Waals surface area (Å²) in [4.78, 5) is 11.1. The SMILES string of the molecule is Cc1ccc(Br)cc1NCC(C(=O)O)C(C)C. The number of hydrogen-bond donors (Lipinski definition) is 2. The Hall–Kier alpha value is -1.03. The highest BCUT2D eigenvalue weighted by Gasteiger charge is 2.21. The highest BCUT2D eigenvalue weighted by Crippen LogP contribution is 2.21. The fourth-order valence-electron chi connectivity index (χ4n) is 1.61. The van der Waals surface area contributed by atoms with Crippen molar-refractivity contribution in [1.29, 1.82) is 0 Å². The number of carbonyl (C=O) groups is 1. The summed E-state index contributed by atoms with van der Waals surface area (Å²) in [5.74, 6) is -0.999.